The van der Waals surface area contributed by atoms with Crippen LogP contribution in [0, 0.1) is 43.3 Å². The largest absolute Gasteiger partial charge is 0.495 e. The lowest BCUT2D eigenvalue weighted by Crippen LogP contribution is -1.96. The third-order valence-corrected chi connectivity index (χ3v) is 4.63. The van der Waals surface area contributed by atoms with Gasteiger partial charge in [0.25, 0.3) is 0 Å². The molecule has 0 amide bonds. The molecule has 0 fully saturated rings. The average molecular weight is 382 g/mol. The predicted molar refractivity (Wildman–Crippen MR) is 117 cm³/mol. The minimum atomic E-state index is -0.305. The van der Waals surface area contributed by atoms with E-state index in [0.717, 1.165) is 34.2 Å². The van der Waals surface area contributed by atoms with Crippen LogP contribution in [0.5, 0.6) is 5.75 Å². The van der Waals surface area contributed by atoms with Crippen molar-refractivity contribution in [2.75, 3.05) is 7.11 Å². The highest BCUT2D eigenvalue weighted by atomic mass is 19.1. The lowest BCUT2D eigenvalue weighted by molar-refractivity contribution is 0.413. The molecule has 0 aliphatic carbocycles. The molecule has 0 unspecified atom stereocenters. The highest BCUT2D eigenvalue weighted by Gasteiger charge is 2.08. The summed E-state index contributed by atoms with van der Waals surface area (Å²) in [5, 5.41) is 0. The highest BCUT2D eigenvalue weighted by molar-refractivity contribution is 5.59. The molecule has 2 heteroatoms. The molecule has 0 radical (unpaired) electrons. The summed E-state index contributed by atoms with van der Waals surface area (Å²) in [6, 6.07) is 17.0. The van der Waals surface area contributed by atoms with Crippen molar-refractivity contribution in [3.63, 3.8) is 0 Å². The molecule has 29 heavy (non-hydrogen) atoms. The van der Waals surface area contributed by atoms with Gasteiger partial charge in [-0.25, -0.2) is 4.39 Å². The van der Waals surface area contributed by atoms with Crippen molar-refractivity contribution < 1.29 is 9.13 Å². The van der Waals surface area contributed by atoms with Crippen molar-refractivity contribution >= 4 is 0 Å². The zero-order valence-electron chi connectivity index (χ0n) is 17.2. The Labute approximate surface area is 172 Å². The molecule has 0 N–H and O–H groups in total. The van der Waals surface area contributed by atoms with Crippen LogP contribution in [0.2, 0.25) is 0 Å². The lowest BCUT2D eigenvalue weighted by atomic mass is 10.00. The minimum Gasteiger partial charge on any atom is -0.495 e. The maximum atomic E-state index is 14.0. The van der Waals surface area contributed by atoms with E-state index >= 15 is 0 Å². The third-order valence-electron chi connectivity index (χ3n) is 4.63. The van der Waals surface area contributed by atoms with E-state index in [2.05, 4.69) is 37.5 Å². The molecule has 0 atom stereocenters. The van der Waals surface area contributed by atoms with Gasteiger partial charge < -0.3 is 4.74 Å². The van der Waals surface area contributed by atoms with E-state index in [-0.39, 0.29) is 5.82 Å². The van der Waals surface area contributed by atoms with Crippen molar-refractivity contribution in [3.05, 3.63) is 99.4 Å². The van der Waals surface area contributed by atoms with Crippen molar-refractivity contribution in [1.29, 1.82) is 0 Å². The maximum absolute atomic E-state index is 14.0. The van der Waals surface area contributed by atoms with Gasteiger partial charge in [-0.2, -0.15) is 0 Å². The Morgan fingerprint density at radius 2 is 1.48 bits per heavy atom. The van der Waals surface area contributed by atoms with Gasteiger partial charge in [0.05, 0.1) is 18.2 Å². The van der Waals surface area contributed by atoms with Crippen LogP contribution in [0.25, 0.3) is 0 Å². The van der Waals surface area contributed by atoms with Gasteiger partial charge >= 0.3 is 0 Å². The first kappa shape index (κ1) is 20.2. The second-order valence-electron chi connectivity index (χ2n) is 6.92. The van der Waals surface area contributed by atoms with Gasteiger partial charge in [0.1, 0.15) is 11.6 Å². The molecule has 1 nitrogen and oxygen atoms in total. The number of aryl methyl sites for hydroxylation is 3. The zero-order chi connectivity index (χ0) is 20.8. The third kappa shape index (κ3) is 5.07. The van der Waals surface area contributed by atoms with E-state index in [1.807, 2.05) is 49.4 Å². The standard InChI is InChI=1S/C27H23FO/c1-5-23-17-22(11-14-24-13-8-20(3)16-26(24)28)18-27(29-4)25(23)15-12-21-9-6-19(2)7-10-21/h6-10,13,16-18H,5H2,1-4H3. The quantitative estimate of drug-likeness (QED) is 0.508. The molecule has 0 saturated carbocycles. The van der Waals surface area contributed by atoms with Crippen LogP contribution >= 0.6 is 0 Å². The number of hydrogen-bond donors (Lipinski definition) is 0. The van der Waals surface area contributed by atoms with Gasteiger partial charge in [0.2, 0.25) is 0 Å². The highest BCUT2D eigenvalue weighted by Crippen LogP contribution is 2.25. The van der Waals surface area contributed by atoms with Crippen LogP contribution in [-0.2, 0) is 6.42 Å². The second kappa shape index (κ2) is 9.13. The van der Waals surface area contributed by atoms with E-state index in [4.69, 9.17) is 4.74 Å². The summed E-state index contributed by atoms with van der Waals surface area (Å²) < 4.78 is 19.6. The first-order valence-corrected chi connectivity index (χ1v) is 9.58. The molecule has 3 rings (SSSR count). The summed E-state index contributed by atoms with van der Waals surface area (Å²) in [4.78, 5) is 0. The summed E-state index contributed by atoms with van der Waals surface area (Å²) in [6.45, 7) is 5.98. The van der Waals surface area contributed by atoms with Crippen LogP contribution in [-0.4, -0.2) is 7.11 Å². The van der Waals surface area contributed by atoms with Gasteiger partial charge in [-0.3, -0.25) is 0 Å². The Kier molecular flexibility index (Phi) is 6.38. The molecule has 0 aliphatic heterocycles. The SMILES string of the molecule is CCc1cc(C#Cc2ccc(C)cc2F)cc(OC)c1C#Cc1ccc(C)cc1. The van der Waals surface area contributed by atoms with Crippen LogP contribution in [0.3, 0.4) is 0 Å². The molecular weight excluding hydrogens is 359 g/mol. The number of halogens is 1. The van der Waals surface area contributed by atoms with Gasteiger partial charge in [-0.05, 0) is 67.8 Å². The van der Waals surface area contributed by atoms with Gasteiger partial charge in [-0.15, -0.1) is 0 Å². The molecule has 0 aromatic heterocycles. The normalized spacial score (nSPS) is 9.83. The van der Waals surface area contributed by atoms with Crippen LogP contribution in [0.15, 0.2) is 54.6 Å². The number of rotatable bonds is 2. The average Bonchev–Trinajstić information content (AvgIpc) is 2.72. The van der Waals surface area contributed by atoms with E-state index in [1.165, 1.54) is 11.6 Å². The minimum absolute atomic E-state index is 0.305. The summed E-state index contributed by atoms with van der Waals surface area (Å²) in [5.41, 5.74) is 6.11. The van der Waals surface area contributed by atoms with Crippen molar-refractivity contribution in [2.45, 2.75) is 27.2 Å². The van der Waals surface area contributed by atoms with Crippen molar-refractivity contribution in [1.82, 2.24) is 0 Å². The predicted octanol–water partition coefficient (Wildman–Crippen LogP) is 5.81. The van der Waals surface area contributed by atoms with Gasteiger partial charge in [-0.1, -0.05) is 54.4 Å². The Bertz CT molecular complexity index is 1120. The summed E-state index contributed by atoms with van der Waals surface area (Å²) in [6.07, 6.45) is 0.794. The van der Waals surface area contributed by atoms with Crippen molar-refractivity contribution in [2.24, 2.45) is 0 Å². The van der Waals surface area contributed by atoms with E-state index in [9.17, 15) is 4.39 Å². The van der Waals surface area contributed by atoms with E-state index < -0.39 is 0 Å². The monoisotopic (exact) mass is 382 g/mol. The second-order valence-corrected chi connectivity index (χ2v) is 6.92. The molecule has 144 valence electrons. The fraction of sp³-hybridized carbons (Fsp3) is 0.185. The van der Waals surface area contributed by atoms with Crippen molar-refractivity contribution in [3.8, 4) is 29.4 Å². The maximum Gasteiger partial charge on any atom is 0.139 e. The Hall–Kier alpha value is -3.49. The van der Waals surface area contributed by atoms with Gasteiger partial charge in [0, 0.05) is 11.1 Å². The molecule has 3 aromatic carbocycles. The first-order chi connectivity index (χ1) is 14.0. The zero-order valence-corrected chi connectivity index (χ0v) is 17.2. The topological polar surface area (TPSA) is 9.23 Å². The number of hydrogen-bond acceptors (Lipinski definition) is 1. The number of methoxy groups -OCH3 is 1. The molecule has 0 bridgehead atoms. The molecule has 0 saturated heterocycles. The molecule has 0 spiro atoms. The number of benzene rings is 3. The molecule has 0 aliphatic rings. The molecule has 0 heterocycles. The van der Waals surface area contributed by atoms with Crippen LogP contribution < -0.4 is 4.74 Å². The fourth-order valence-corrected chi connectivity index (χ4v) is 2.96. The Balaban J connectivity index is 1.99. The fourth-order valence-electron chi connectivity index (χ4n) is 2.96. The summed E-state index contributed by atoms with van der Waals surface area (Å²) in [5.74, 6) is 12.8. The summed E-state index contributed by atoms with van der Waals surface area (Å²) >= 11 is 0. The Morgan fingerprint density at radius 1 is 0.793 bits per heavy atom. The smallest absolute Gasteiger partial charge is 0.139 e. The van der Waals surface area contributed by atoms with E-state index in [1.54, 1.807) is 13.2 Å². The molecule has 3 aromatic rings. The van der Waals surface area contributed by atoms with Crippen LogP contribution in [0.4, 0.5) is 4.39 Å². The van der Waals surface area contributed by atoms with Gasteiger partial charge in [0.15, 0.2) is 0 Å². The Morgan fingerprint density at radius 3 is 2.14 bits per heavy atom. The first-order valence-electron chi connectivity index (χ1n) is 9.58. The molecular formula is C27H23FO. The van der Waals surface area contributed by atoms with Crippen LogP contribution in [0.1, 0.15) is 45.9 Å². The lowest BCUT2D eigenvalue weighted by Gasteiger charge is -2.09. The number of ether oxygens (including phenoxy) is 1. The summed E-state index contributed by atoms with van der Waals surface area (Å²) in [7, 11) is 1.63. The van der Waals surface area contributed by atoms with E-state index in [0.29, 0.717) is 11.3 Å².